The zero-order valence-electron chi connectivity index (χ0n) is 8.50. The number of hydrogen-bond acceptors (Lipinski definition) is 4. The van der Waals surface area contributed by atoms with Gasteiger partial charge in [0.15, 0.2) is 22.4 Å². The molecule has 0 saturated carbocycles. The Hall–Kier alpha value is -1.95. The molecule has 0 aliphatic carbocycles. The monoisotopic (exact) mass is 291 g/mol. The SMILES string of the molecule is O=Cc1c(-c2ccc(Br)o2)nn2cccnc12. The zero-order chi connectivity index (χ0) is 11.8. The van der Waals surface area contributed by atoms with E-state index in [1.807, 2.05) is 0 Å². The lowest BCUT2D eigenvalue weighted by Crippen LogP contribution is -1.88. The van der Waals surface area contributed by atoms with E-state index in [1.165, 1.54) is 0 Å². The molecular weight excluding hydrogens is 286 g/mol. The van der Waals surface area contributed by atoms with Crippen LogP contribution in [0.1, 0.15) is 10.4 Å². The number of carbonyl (C=O) groups excluding carboxylic acids is 1. The molecule has 17 heavy (non-hydrogen) atoms. The van der Waals surface area contributed by atoms with Gasteiger partial charge in [0, 0.05) is 12.4 Å². The van der Waals surface area contributed by atoms with Crippen molar-refractivity contribution < 1.29 is 9.21 Å². The fourth-order valence-electron chi connectivity index (χ4n) is 1.64. The highest BCUT2D eigenvalue weighted by atomic mass is 79.9. The third kappa shape index (κ3) is 1.57. The first-order valence-corrected chi connectivity index (χ1v) is 5.63. The van der Waals surface area contributed by atoms with Gasteiger partial charge in [-0.3, -0.25) is 4.79 Å². The Bertz CT molecular complexity index is 702. The van der Waals surface area contributed by atoms with Crippen LogP contribution < -0.4 is 0 Å². The van der Waals surface area contributed by atoms with Crippen molar-refractivity contribution in [1.29, 1.82) is 0 Å². The highest BCUT2D eigenvalue weighted by molar-refractivity contribution is 9.10. The summed E-state index contributed by atoms with van der Waals surface area (Å²) in [5, 5.41) is 4.28. The van der Waals surface area contributed by atoms with E-state index in [1.54, 1.807) is 35.1 Å². The van der Waals surface area contributed by atoms with E-state index in [0.717, 1.165) is 6.29 Å². The predicted octanol–water partition coefficient (Wildman–Crippen LogP) is 2.56. The van der Waals surface area contributed by atoms with Crippen molar-refractivity contribution in [3.8, 4) is 11.5 Å². The van der Waals surface area contributed by atoms with Crippen molar-refractivity contribution in [1.82, 2.24) is 14.6 Å². The van der Waals surface area contributed by atoms with Crippen LogP contribution in [0.2, 0.25) is 0 Å². The summed E-state index contributed by atoms with van der Waals surface area (Å²) in [6.45, 7) is 0. The lowest BCUT2D eigenvalue weighted by Gasteiger charge is -1.89. The molecule has 3 aromatic heterocycles. The maximum absolute atomic E-state index is 11.1. The number of furan rings is 1. The quantitative estimate of drug-likeness (QED) is 0.681. The van der Waals surface area contributed by atoms with Crippen LogP contribution in [-0.2, 0) is 0 Å². The van der Waals surface area contributed by atoms with E-state index in [9.17, 15) is 4.79 Å². The third-order valence-electron chi connectivity index (χ3n) is 2.36. The molecule has 0 aliphatic rings. The molecule has 5 nitrogen and oxygen atoms in total. The highest BCUT2D eigenvalue weighted by Crippen LogP contribution is 2.27. The Balaban J connectivity index is 2.32. The molecule has 0 fully saturated rings. The molecule has 0 unspecified atom stereocenters. The number of rotatable bonds is 2. The Morgan fingerprint density at radius 2 is 2.29 bits per heavy atom. The molecule has 3 aromatic rings. The number of aromatic nitrogens is 3. The van der Waals surface area contributed by atoms with Crippen LogP contribution in [0.25, 0.3) is 17.1 Å². The average Bonchev–Trinajstić information content (AvgIpc) is 2.91. The standard InChI is InChI=1S/C11H6BrN3O2/c12-9-3-2-8(17-9)10-7(6-16)11-13-4-1-5-15(11)14-10/h1-6H. The zero-order valence-corrected chi connectivity index (χ0v) is 10.1. The van der Waals surface area contributed by atoms with Crippen LogP contribution in [0.3, 0.4) is 0 Å². The molecule has 3 rings (SSSR count). The summed E-state index contributed by atoms with van der Waals surface area (Å²) in [6.07, 6.45) is 4.09. The van der Waals surface area contributed by atoms with Gasteiger partial charge in [-0.15, -0.1) is 0 Å². The molecule has 84 valence electrons. The van der Waals surface area contributed by atoms with Crippen molar-refractivity contribution in [3.05, 3.63) is 40.8 Å². The number of halogens is 1. The van der Waals surface area contributed by atoms with Crippen LogP contribution >= 0.6 is 15.9 Å². The fraction of sp³-hybridized carbons (Fsp3) is 0. The van der Waals surface area contributed by atoms with Gasteiger partial charge < -0.3 is 4.42 Å². The van der Waals surface area contributed by atoms with Gasteiger partial charge >= 0.3 is 0 Å². The molecule has 0 amide bonds. The molecule has 0 atom stereocenters. The smallest absolute Gasteiger partial charge is 0.169 e. The maximum atomic E-state index is 11.1. The Morgan fingerprint density at radius 1 is 1.41 bits per heavy atom. The third-order valence-corrected chi connectivity index (χ3v) is 2.78. The lowest BCUT2D eigenvalue weighted by atomic mass is 10.2. The first kappa shape index (κ1) is 10.2. The lowest BCUT2D eigenvalue weighted by molar-refractivity contribution is 0.112. The minimum Gasteiger partial charge on any atom is -0.448 e. The second-order valence-electron chi connectivity index (χ2n) is 3.37. The molecule has 0 N–H and O–H groups in total. The van der Waals surface area contributed by atoms with Crippen LogP contribution in [0.15, 0.2) is 39.7 Å². The second-order valence-corrected chi connectivity index (χ2v) is 4.15. The topological polar surface area (TPSA) is 60.4 Å². The first-order valence-electron chi connectivity index (χ1n) is 4.84. The summed E-state index contributed by atoms with van der Waals surface area (Å²) in [5.41, 5.74) is 1.43. The van der Waals surface area contributed by atoms with Gasteiger partial charge in [-0.2, -0.15) is 5.10 Å². The minimum atomic E-state index is 0.424. The molecule has 0 saturated heterocycles. The normalized spacial score (nSPS) is 10.9. The summed E-state index contributed by atoms with van der Waals surface area (Å²) in [5.74, 6) is 0.532. The molecule has 0 spiro atoms. The van der Waals surface area contributed by atoms with Crippen molar-refractivity contribution >= 4 is 27.9 Å². The van der Waals surface area contributed by atoms with Gasteiger partial charge in [-0.25, -0.2) is 9.50 Å². The van der Waals surface area contributed by atoms with Crippen LogP contribution in [0.4, 0.5) is 0 Å². The number of fused-ring (bicyclic) bond motifs is 1. The predicted molar refractivity (Wildman–Crippen MR) is 63.8 cm³/mol. The van der Waals surface area contributed by atoms with Gasteiger partial charge in [0.1, 0.15) is 5.69 Å². The van der Waals surface area contributed by atoms with Crippen molar-refractivity contribution in [3.63, 3.8) is 0 Å². The van der Waals surface area contributed by atoms with Crippen molar-refractivity contribution in [2.75, 3.05) is 0 Å². The van der Waals surface area contributed by atoms with Crippen LogP contribution in [0.5, 0.6) is 0 Å². The first-order chi connectivity index (χ1) is 8.29. The van der Waals surface area contributed by atoms with Gasteiger partial charge in [0.05, 0.1) is 5.56 Å². The van der Waals surface area contributed by atoms with Gasteiger partial charge in [-0.05, 0) is 34.1 Å². The van der Waals surface area contributed by atoms with E-state index in [4.69, 9.17) is 4.42 Å². The molecule has 0 aromatic carbocycles. The summed E-state index contributed by atoms with van der Waals surface area (Å²) < 4.78 is 7.54. The van der Waals surface area contributed by atoms with Crippen LogP contribution in [0, 0.1) is 0 Å². The van der Waals surface area contributed by atoms with E-state index in [2.05, 4.69) is 26.0 Å². The maximum Gasteiger partial charge on any atom is 0.169 e. The Morgan fingerprint density at radius 3 is 3.00 bits per heavy atom. The molecule has 3 heterocycles. The summed E-state index contributed by atoms with van der Waals surface area (Å²) in [4.78, 5) is 15.3. The second kappa shape index (κ2) is 3.81. The largest absolute Gasteiger partial charge is 0.448 e. The number of carbonyl (C=O) groups is 1. The molecule has 0 bridgehead atoms. The van der Waals surface area contributed by atoms with Crippen LogP contribution in [-0.4, -0.2) is 20.9 Å². The number of nitrogens with zero attached hydrogens (tertiary/aromatic N) is 3. The molecular formula is C11H6BrN3O2. The highest BCUT2D eigenvalue weighted by Gasteiger charge is 2.17. The summed E-state index contributed by atoms with van der Waals surface area (Å²) in [7, 11) is 0. The van der Waals surface area contributed by atoms with E-state index in [0.29, 0.717) is 27.3 Å². The van der Waals surface area contributed by atoms with Crippen molar-refractivity contribution in [2.24, 2.45) is 0 Å². The summed E-state index contributed by atoms with van der Waals surface area (Å²) in [6, 6.07) is 5.25. The summed E-state index contributed by atoms with van der Waals surface area (Å²) >= 11 is 3.21. The number of aldehydes is 1. The Kier molecular flexibility index (Phi) is 2.29. The van der Waals surface area contributed by atoms with Crippen molar-refractivity contribution in [2.45, 2.75) is 0 Å². The van der Waals surface area contributed by atoms with Gasteiger partial charge in [0.2, 0.25) is 0 Å². The average molecular weight is 292 g/mol. The molecule has 0 radical (unpaired) electrons. The Labute approximate surface area is 104 Å². The minimum absolute atomic E-state index is 0.424. The van der Waals surface area contributed by atoms with E-state index in [-0.39, 0.29) is 0 Å². The van der Waals surface area contributed by atoms with Gasteiger partial charge in [-0.1, -0.05) is 0 Å². The molecule has 0 aliphatic heterocycles. The molecule has 6 heteroatoms. The van der Waals surface area contributed by atoms with E-state index >= 15 is 0 Å². The van der Waals surface area contributed by atoms with Gasteiger partial charge in [0.25, 0.3) is 0 Å². The fourth-order valence-corrected chi connectivity index (χ4v) is 1.94. The van der Waals surface area contributed by atoms with E-state index < -0.39 is 0 Å². The number of hydrogen-bond donors (Lipinski definition) is 0.